The molecule has 0 heterocycles. The van der Waals surface area contributed by atoms with Gasteiger partial charge in [0.05, 0.1) is 6.10 Å². The molecule has 3 heteroatoms. The zero-order valence-corrected chi connectivity index (χ0v) is 15.4. The molecule has 0 aromatic rings. The number of rotatable bonds is 1. The number of carbonyl (C=O) groups is 2. The van der Waals surface area contributed by atoms with E-state index in [0.717, 1.165) is 44.9 Å². The van der Waals surface area contributed by atoms with Crippen LogP contribution >= 0.6 is 0 Å². The standard InChI is InChI=1S/C21H32O3/c1-12(22)16-6-7-17-15-5-4-13-10-14(23)8-9-20(13,2)19(15)18(24)11-21(16,17)3/h13-17,19,23H,4-11H2,1-3H3/t13?,14?,15-,16+,17-,19+,20-,21+/m0/s1. The molecule has 0 aromatic heterocycles. The van der Waals surface area contributed by atoms with E-state index in [1.165, 1.54) is 0 Å². The van der Waals surface area contributed by atoms with E-state index in [0.29, 0.717) is 30.0 Å². The number of aliphatic hydroxyl groups is 1. The molecule has 1 N–H and O–H groups in total. The van der Waals surface area contributed by atoms with E-state index in [2.05, 4.69) is 13.8 Å². The minimum atomic E-state index is -0.169. The van der Waals surface area contributed by atoms with Gasteiger partial charge in [-0.3, -0.25) is 9.59 Å². The summed E-state index contributed by atoms with van der Waals surface area (Å²) in [5.74, 6) is 2.48. The summed E-state index contributed by atoms with van der Waals surface area (Å²) >= 11 is 0. The van der Waals surface area contributed by atoms with Gasteiger partial charge in [-0.05, 0) is 80.5 Å². The van der Waals surface area contributed by atoms with Gasteiger partial charge in [-0.25, -0.2) is 0 Å². The Balaban J connectivity index is 1.68. The first kappa shape index (κ1) is 16.8. The second-order valence-corrected chi connectivity index (χ2v) is 9.85. The average molecular weight is 332 g/mol. The highest BCUT2D eigenvalue weighted by Crippen LogP contribution is 2.66. The Kier molecular flexibility index (Phi) is 3.77. The van der Waals surface area contributed by atoms with Gasteiger partial charge in [0.25, 0.3) is 0 Å². The average Bonchev–Trinajstić information content (AvgIpc) is 2.84. The van der Waals surface area contributed by atoms with Crippen LogP contribution in [0.1, 0.15) is 72.1 Å². The van der Waals surface area contributed by atoms with Crippen LogP contribution in [0.15, 0.2) is 0 Å². The monoisotopic (exact) mass is 332 g/mol. The fourth-order valence-electron chi connectivity index (χ4n) is 7.72. The Morgan fingerprint density at radius 3 is 2.54 bits per heavy atom. The molecule has 4 aliphatic carbocycles. The topological polar surface area (TPSA) is 54.4 Å². The van der Waals surface area contributed by atoms with Gasteiger partial charge in [0, 0.05) is 18.3 Å². The van der Waals surface area contributed by atoms with Gasteiger partial charge < -0.3 is 5.11 Å². The van der Waals surface area contributed by atoms with Gasteiger partial charge in [0.2, 0.25) is 0 Å². The molecule has 134 valence electrons. The lowest BCUT2D eigenvalue weighted by Gasteiger charge is -2.59. The molecule has 0 saturated heterocycles. The first-order valence-corrected chi connectivity index (χ1v) is 9.98. The van der Waals surface area contributed by atoms with Crippen molar-refractivity contribution in [2.24, 2.45) is 40.4 Å². The summed E-state index contributed by atoms with van der Waals surface area (Å²) in [5, 5.41) is 10.1. The van der Waals surface area contributed by atoms with Gasteiger partial charge >= 0.3 is 0 Å². The third-order valence-corrected chi connectivity index (χ3v) is 8.81. The number of hydrogen-bond donors (Lipinski definition) is 1. The quantitative estimate of drug-likeness (QED) is 0.795. The number of fused-ring (bicyclic) bond motifs is 5. The third kappa shape index (κ3) is 2.12. The number of ketones is 2. The summed E-state index contributed by atoms with van der Waals surface area (Å²) in [4.78, 5) is 25.5. The lowest BCUT2D eigenvalue weighted by atomic mass is 9.44. The Labute approximate surface area is 145 Å². The minimum Gasteiger partial charge on any atom is -0.393 e. The molecular formula is C21H32O3. The van der Waals surface area contributed by atoms with E-state index >= 15 is 0 Å². The molecule has 0 amide bonds. The van der Waals surface area contributed by atoms with E-state index in [1.807, 2.05) is 0 Å². The van der Waals surface area contributed by atoms with Crippen molar-refractivity contribution in [1.82, 2.24) is 0 Å². The van der Waals surface area contributed by atoms with Crippen LogP contribution in [0, 0.1) is 40.4 Å². The maximum absolute atomic E-state index is 13.3. The van der Waals surface area contributed by atoms with Crippen molar-refractivity contribution < 1.29 is 14.7 Å². The fraction of sp³-hybridized carbons (Fsp3) is 0.905. The molecule has 4 fully saturated rings. The fourth-order valence-corrected chi connectivity index (χ4v) is 7.72. The van der Waals surface area contributed by atoms with Crippen LogP contribution < -0.4 is 0 Å². The molecule has 0 spiro atoms. The Morgan fingerprint density at radius 2 is 1.83 bits per heavy atom. The highest BCUT2D eigenvalue weighted by molar-refractivity contribution is 5.87. The molecule has 8 atom stereocenters. The lowest BCUT2D eigenvalue weighted by molar-refractivity contribution is -0.162. The lowest BCUT2D eigenvalue weighted by Crippen LogP contribution is -2.58. The third-order valence-electron chi connectivity index (χ3n) is 8.81. The second-order valence-electron chi connectivity index (χ2n) is 9.85. The van der Waals surface area contributed by atoms with E-state index in [4.69, 9.17) is 0 Å². The van der Waals surface area contributed by atoms with Gasteiger partial charge in [0.15, 0.2) is 0 Å². The van der Waals surface area contributed by atoms with E-state index in [9.17, 15) is 14.7 Å². The SMILES string of the molecule is CC(=O)[C@H]1CC[C@H]2[C@@H]3CCC4CC(O)CC[C@]4(C)[C@H]3C(=O)C[C@]12C. The maximum Gasteiger partial charge on any atom is 0.137 e. The van der Waals surface area contributed by atoms with Gasteiger partial charge in [-0.1, -0.05) is 13.8 Å². The van der Waals surface area contributed by atoms with Crippen LogP contribution in [-0.4, -0.2) is 22.8 Å². The summed E-state index contributed by atoms with van der Waals surface area (Å²) in [6.07, 6.45) is 7.53. The maximum atomic E-state index is 13.3. The molecule has 24 heavy (non-hydrogen) atoms. The predicted molar refractivity (Wildman–Crippen MR) is 92.3 cm³/mol. The van der Waals surface area contributed by atoms with Crippen molar-refractivity contribution in [3.05, 3.63) is 0 Å². The summed E-state index contributed by atoms with van der Waals surface area (Å²) < 4.78 is 0. The molecule has 0 aliphatic heterocycles. The van der Waals surface area contributed by atoms with Crippen molar-refractivity contribution in [3.8, 4) is 0 Å². The number of Topliss-reactive ketones (excluding diaryl/α,β-unsaturated/α-hetero) is 2. The molecule has 4 rings (SSSR count). The van der Waals surface area contributed by atoms with E-state index in [1.54, 1.807) is 6.92 Å². The van der Waals surface area contributed by atoms with Crippen LogP contribution in [0.2, 0.25) is 0 Å². The highest BCUT2D eigenvalue weighted by atomic mass is 16.3. The van der Waals surface area contributed by atoms with Crippen molar-refractivity contribution >= 4 is 11.6 Å². The number of carbonyl (C=O) groups excluding carboxylic acids is 2. The molecule has 3 nitrogen and oxygen atoms in total. The zero-order chi connectivity index (χ0) is 17.3. The normalized spacial score (nSPS) is 53.9. The zero-order valence-electron chi connectivity index (χ0n) is 15.4. The number of hydrogen-bond acceptors (Lipinski definition) is 3. The summed E-state index contributed by atoms with van der Waals surface area (Å²) in [7, 11) is 0. The molecule has 4 aliphatic rings. The molecule has 0 bridgehead atoms. The number of aliphatic hydroxyl groups excluding tert-OH is 1. The van der Waals surface area contributed by atoms with E-state index in [-0.39, 0.29) is 34.6 Å². The molecular weight excluding hydrogens is 300 g/mol. The van der Waals surface area contributed by atoms with Crippen LogP contribution in [0.3, 0.4) is 0 Å². The van der Waals surface area contributed by atoms with Crippen LogP contribution in [0.5, 0.6) is 0 Å². The first-order chi connectivity index (χ1) is 11.3. The minimum absolute atomic E-state index is 0.0782. The van der Waals surface area contributed by atoms with Crippen molar-refractivity contribution in [3.63, 3.8) is 0 Å². The molecule has 0 radical (unpaired) electrons. The van der Waals surface area contributed by atoms with Crippen molar-refractivity contribution in [2.75, 3.05) is 0 Å². The van der Waals surface area contributed by atoms with Gasteiger partial charge in [0.1, 0.15) is 11.6 Å². The largest absolute Gasteiger partial charge is 0.393 e. The van der Waals surface area contributed by atoms with Crippen LogP contribution in [0.4, 0.5) is 0 Å². The molecule has 0 aromatic carbocycles. The van der Waals surface area contributed by atoms with Gasteiger partial charge in [-0.2, -0.15) is 0 Å². The summed E-state index contributed by atoms with van der Waals surface area (Å²) in [5.41, 5.74) is -0.0175. The van der Waals surface area contributed by atoms with Crippen molar-refractivity contribution in [2.45, 2.75) is 78.2 Å². The first-order valence-electron chi connectivity index (χ1n) is 9.98. The summed E-state index contributed by atoms with van der Waals surface area (Å²) in [6, 6.07) is 0. The summed E-state index contributed by atoms with van der Waals surface area (Å²) in [6.45, 7) is 6.28. The predicted octanol–water partition coefficient (Wildman–Crippen LogP) is 3.77. The van der Waals surface area contributed by atoms with Crippen LogP contribution in [-0.2, 0) is 9.59 Å². The highest BCUT2D eigenvalue weighted by Gasteiger charge is 2.63. The Hall–Kier alpha value is -0.700. The van der Waals surface area contributed by atoms with E-state index < -0.39 is 0 Å². The van der Waals surface area contributed by atoms with Gasteiger partial charge in [-0.15, -0.1) is 0 Å². The smallest absolute Gasteiger partial charge is 0.137 e. The van der Waals surface area contributed by atoms with Crippen LogP contribution in [0.25, 0.3) is 0 Å². The molecule has 4 saturated carbocycles. The Morgan fingerprint density at radius 1 is 1.08 bits per heavy atom. The molecule has 2 unspecified atom stereocenters. The Bertz CT molecular complexity index is 569. The van der Waals surface area contributed by atoms with Crippen molar-refractivity contribution in [1.29, 1.82) is 0 Å². The second kappa shape index (κ2) is 5.40.